The van der Waals surface area contributed by atoms with E-state index in [0.29, 0.717) is 41.3 Å². The zero-order valence-electron chi connectivity index (χ0n) is 26.4. The second-order valence-corrected chi connectivity index (χ2v) is 12.1. The lowest BCUT2D eigenvalue weighted by Crippen LogP contribution is -2.31. The summed E-state index contributed by atoms with van der Waals surface area (Å²) in [7, 11) is 5.51. The highest BCUT2D eigenvalue weighted by molar-refractivity contribution is 6.05. The third-order valence-electron chi connectivity index (χ3n) is 7.35. The van der Waals surface area contributed by atoms with Crippen molar-refractivity contribution in [2.45, 2.75) is 33.1 Å². The van der Waals surface area contributed by atoms with Crippen molar-refractivity contribution >= 4 is 34.7 Å². The van der Waals surface area contributed by atoms with Gasteiger partial charge in [0.1, 0.15) is 0 Å². The van der Waals surface area contributed by atoms with Crippen molar-refractivity contribution in [2.75, 3.05) is 43.6 Å². The number of likely N-dealkylation sites (N-methyl/N-ethyl adjacent to an activating group) is 1. The average molecular weight is 596 g/mol. The maximum absolute atomic E-state index is 13.1. The molecule has 2 amide bonds. The van der Waals surface area contributed by atoms with Gasteiger partial charge in [0.2, 0.25) is 0 Å². The predicted octanol–water partition coefficient (Wildman–Crippen LogP) is 4.92. The van der Waals surface area contributed by atoms with Gasteiger partial charge in [-0.1, -0.05) is 45.0 Å². The number of rotatable bonds is 9. The number of nitrogens with zero attached hydrogens (tertiary/aromatic N) is 3. The van der Waals surface area contributed by atoms with Crippen LogP contribution < -0.4 is 27.2 Å². The summed E-state index contributed by atoms with van der Waals surface area (Å²) >= 11 is 0. The first-order chi connectivity index (χ1) is 20.7. The standard InChI is InChI=1S/C34H41N7O3/c1-21-25(9-8-10-28(21)39-31(42)22-11-13-23(14-12-22)34(2,3)4)29-20-41(7)33(44)30(38-29)37-24-15-16-26(27(35)19-24)32(43)36-17-18-40(5)6/h8-16,19-20H,17-18,35H2,1-7H3,(H,36,43)(H,37,38)(H,39,42). The SMILES string of the molecule is Cc1c(NC(=O)c2ccc(C(C)(C)C)cc2)cccc1-c1cn(C)c(=O)c(Nc2ccc(C(=O)NCCN(C)C)c(N)c2)n1. The van der Waals surface area contributed by atoms with E-state index in [0.717, 1.165) is 16.7 Å². The van der Waals surface area contributed by atoms with Crippen LogP contribution in [0.2, 0.25) is 0 Å². The van der Waals surface area contributed by atoms with E-state index in [2.05, 4.69) is 41.7 Å². The minimum absolute atomic E-state index is 0.00533. The lowest BCUT2D eigenvalue weighted by molar-refractivity contribution is 0.0951. The number of aromatic nitrogens is 2. The van der Waals surface area contributed by atoms with Gasteiger partial charge in [0.25, 0.3) is 17.4 Å². The lowest BCUT2D eigenvalue weighted by atomic mass is 9.86. The Morgan fingerprint density at radius 1 is 1.00 bits per heavy atom. The topological polar surface area (TPSA) is 134 Å². The molecule has 5 N–H and O–H groups in total. The first-order valence-electron chi connectivity index (χ1n) is 14.4. The number of hydrogen-bond donors (Lipinski definition) is 4. The van der Waals surface area contributed by atoms with Gasteiger partial charge < -0.3 is 31.2 Å². The van der Waals surface area contributed by atoms with Crippen molar-refractivity contribution in [2.24, 2.45) is 7.05 Å². The summed E-state index contributed by atoms with van der Waals surface area (Å²) in [5, 5.41) is 8.92. The van der Waals surface area contributed by atoms with Crippen LogP contribution in [0.5, 0.6) is 0 Å². The highest BCUT2D eigenvalue weighted by Gasteiger charge is 2.17. The second kappa shape index (κ2) is 13.1. The molecule has 0 aliphatic heterocycles. The summed E-state index contributed by atoms with van der Waals surface area (Å²) in [5.41, 5.74) is 11.5. The van der Waals surface area contributed by atoms with Gasteiger partial charge in [-0.25, -0.2) is 4.98 Å². The number of amides is 2. The monoisotopic (exact) mass is 595 g/mol. The van der Waals surface area contributed by atoms with E-state index < -0.39 is 0 Å². The van der Waals surface area contributed by atoms with Crippen LogP contribution in [0.1, 0.15) is 52.6 Å². The number of hydrogen-bond acceptors (Lipinski definition) is 7. The molecule has 0 radical (unpaired) electrons. The Bertz CT molecular complexity index is 1740. The van der Waals surface area contributed by atoms with Crippen LogP contribution in [0.3, 0.4) is 0 Å². The van der Waals surface area contributed by atoms with Gasteiger partial charge in [0.15, 0.2) is 5.82 Å². The molecule has 10 heteroatoms. The van der Waals surface area contributed by atoms with Crippen molar-refractivity contribution in [1.29, 1.82) is 0 Å². The molecule has 0 saturated carbocycles. The quantitative estimate of drug-likeness (QED) is 0.202. The predicted molar refractivity (Wildman–Crippen MR) is 178 cm³/mol. The van der Waals surface area contributed by atoms with Gasteiger partial charge in [-0.15, -0.1) is 0 Å². The van der Waals surface area contributed by atoms with Crippen molar-refractivity contribution in [1.82, 2.24) is 19.8 Å². The number of nitrogens with one attached hydrogen (secondary N) is 3. The van der Waals surface area contributed by atoms with Crippen LogP contribution >= 0.6 is 0 Å². The van der Waals surface area contributed by atoms with Gasteiger partial charge in [-0.3, -0.25) is 14.4 Å². The Morgan fingerprint density at radius 3 is 2.34 bits per heavy atom. The highest BCUT2D eigenvalue weighted by atomic mass is 16.2. The molecule has 0 atom stereocenters. The molecule has 0 fully saturated rings. The molecular weight excluding hydrogens is 554 g/mol. The van der Waals surface area contributed by atoms with E-state index in [4.69, 9.17) is 5.73 Å². The highest BCUT2D eigenvalue weighted by Crippen LogP contribution is 2.29. The summed E-state index contributed by atoms with van der Waals surface area (Å²) < 4.78 is 1.45. The molecule has 1 heterocycles. The van der Waals surface area contributed by atoms with E-state index in [-0.39, 0.29) is 34.3 Å². The molecule has 0 unspecified atom stereocenters. The van der Waals surface area contributed by atoms with Gasteiger partial charge in [-0.05, 0) is 74.0 Å². The zero-order chi connectivity index (χ0) is 32.2. The van der Waals surface area contributed by atoms with E-state index in [1.54, 1.807) is 31.4 Å². The molecule has 0 aliphatic rings. The normalized spacial score (nSPS) is 11.4. The van der Waals surface area contributed by atoms with Crippen molar-refractivity contribution in [3.05, 3.63) is 99.5 Å². The number of nitrogens with two attached hydrogens (primary N) is 1. The molecule has 0 spiro atoms. The van der Waals surface area contributed by atoms with Crippen LogP contribution in [0.4, 0.5) is 22.9 Å². The fourth-order valence-corrected chi connectivity index (χ4v) is 4.65. The van der Waals surface area contributed by atoms with Crippen LogP contribution in [0.15, 0.2) is 71.7 Å². The van der Waals surface area contributed by atoms with Crippen LogP contribution in [-0.2, 0) is 12.5 Å². The summed E-state index contributed by atoms with van der Waals surface area (Å²) in [5.74, 6) is -0.384. The molecular formula is C34H41N7O3. The lowest BCUT2D eigenvalue weighted by Gasteiger charge is -2.19. The number of anilines is 4. The minimum atomic E-state index is -0.335. The smallest absolute Gasteiger partial charge is 0.293 e. The van der Waals surface area contributed by atoms with E-state index in [1.807, 2.05) is 68.4 Å². The maximum Gasteiger partial charge on any atom is 0.293 e. The molecule has 4 rings (SSSR count). The Balaban J connectivity index is 1.56. The molecule has 0 bridgehead atoms. The third kappa shape index (κ3) is 7.51. The van der Waals surface area contributed by atoms with Crippen LogP contribution in [0.25, 0.3) is 11.3 Å². The number of benzene rings is 3. The van der Waals surface area contributed by atoms with Gasteiger partial charge in [0, 0.05) is 54.5 Å². The summed E-state index contributed by atoms with van der Waals surface area (Å²) in [6, 6.07) is 18.1. The van der Waals surface area contributed by atoms with Crippen molar-refractivity contribution in [3.63, 3.8) is 0 Å². The van der Waals surface area contributed by atoms with Crippen molar-refractivity contribution in [3.8, 4) is 11.3 Å². The number of carbonyl (C=O) groups excluding carboxylic acids is 2. The largest absolute Gasteiger partial charge is 0.398 e. The molecule has 230 valence electrons. The Kier molecular flexibility index (Phi) is 9.54. The van der Waals surface area contributed by atoms with Gasteiger partial charge >= 0.3 is 0 Å². The van der Waals surface area contributed by atoms with E-state index in [1.165, 1.54) is 4.57 Å². The van der Waals surface area contributed by atoms with Gasteiger partial charge in [0.05, 0.1) is 11.3 Å². The molecule has 3 aromatic carbocycles. The van der Waals surface area contributed by atoms with E-state index >= 15 is 0 Å². The Morgan fingerprint density at radius 2 is 1.70 bits per heavy atom. The molecule has 44 heavy (non-hydrogen) atoms. The molecule has 0 saturated heterocycles. The number of carbonyl (C=O) groups is 2. The first kappa shape index (κ1) is 32.0. The second-order valence-electron chi connectivity index (χ2n) is 12.1. The minimum Gasteiger partial charge on any atom is -0.398 e. The maximum atomic E-state index is 13.1. The Labute approximate surface area is 258 Å². The van der Waals surface area contributed by atoms with Crippen LogP contribution in [-0.4, -0.2) is 53.5 Å². The number of aryl methyl sites for hydroxylation is 1. The summed E-state index contributed by atoms with van der Waals surface area (Å²) in [4.78, 5) is 45.3. The fraction of sp³-hybridized carbons (Fsp3) is 0.294. The van der Waals surface area contributed by atoms with Crippen molar-refractivity contribution < 1.29 is 9.59 Å². The van der Waals surface area contributed by atoms with Crippen LogP contribution in [0, 0.1) is 6.92 Å². The summed E-state index contributed by atoms with van der Waals surface area (Å²) in [6.45, 7) is 9.49. The summed E-state index contributed by atoms with van der Waals surface area (Å²) in [6.07, 6.45) is 1.65. The molecule has 0 aliphatic carbocycles. The molecule has 10 nitrogen and oxygen atoms in total. The fourth-order valence-electron chi connectivity index (χ4n) is 4.65. The first-order valence-corrected chi connectivity index (χ1v) is 14.4. The Hall–Kier alpha value is -4.96. The third-order valence-corrected chi connectivity index (χ3v) is 7.35. The zero-order valence-corrected chi connectivity index (χ0v) is 26.4. The van der Waals surface area contributed by atoms with E-state index in [9.17, 15) is 14.4 Å². The average Bonchev–Trinajstić information content (AvgIpc) is 2.96. The number of nitrogen functional groups attached to an aromatic ring is 1. The molecule has 1 aromatic heterocycles. The molecule has 4 aromatic rings. The van der Waals surface area contributed by atoms with Gasteiger partial charge in [-0.2, -0.15) is 0 Å².